The molecule has 0 aliphatic carbocycles. The molecule has 32 heavy (non-hydrogen) atoms. The molecule has 2 aromatic rings. The van der Waals surface area contributed by atoms with Gasteiger partial charge in [0.25, 0.3) is 0 Å². The highest BCUT2D eigenvalue weighted by Crippen LogP contribution is 2.38. The standard InChI is InChI=1S/C20H18F2O9S/c1-32(29,30)31-18(27)20(21,22)19(28,16(25)13-10-6-3-7-11-13)17(26)15(24)14(23)12-8-4-2-5-9-12/h2-11,15,17,24,26,28H,1H3/t15?,17-,19-/m1/s1. The van der Waals surface area contributed by atoms with Gasteiger partial charge in [-0.1, -0.05) is 60.7 Å². The summed E-state index contributed by atoms with van der Waals surface area (Å²) in [6, 6.07) is 12.2. The summed E-state index contributed by atoms with van der Waals surface area (Å²) in [6.45, 7) is 0. The molecule has 3 N–H and O–H groups in total. The van der Waals surface area contributed by atoms with Crippen LogP contribution in [-0.2, 0) is 19.1 Å². The molecule has 0 aliphatic rings. The number of hydrogen-bond acceptors (Lipinski definition) is 9. The maximum absolute atomic E-state index is 15.0. The van der Waals surface area contributed by atoms with Crippen LogP contribution in [-0.4, -0.2) is 71.3 Å². The summed E-state index contributed by atoms with van der Waals surface area (Å²) in [7, 11) is -4.83. The summed E-state index contributed by atoms with van der Waals surface area (Å²) in [5, 5.41) is 31.3. The van der Waals surface area contributed by atoms with Gasteiger partial charge in [-0.25, -0.2) is 4.79 Å². The largest absolute Gasteiger partial charge is 0.396 e. The molecule has 0 amide bonds. The highest BCUT2D eigenvalue weighted by atomic mass is 32.2. The van der Waals surface area contributed by atoms with Crippen LogP contribution >= 0.6 is 0 Å². The Morgan fingerprint density at radius 3 is 1.78 bits per heavy atom. The van der Waals surface area contributed by atoms with E-state index in [1.165, 1.54) is 36.4 Å². The first kappa shape index (κ1) is 25.2. The Hall–Kier alpha value is -3.06. The molecular formula is C20H18F2O9S. The SMILES string of the molecule is CS(=O)(=O)OC(=O)C(F)(F)[C@@](O)(C(=O)c1ccccc1)[C@H](O)C(O)C(=O)c1ccccc1. The summed E-state index contributed by atoms with van der Waals surface area (Å²) < 4.78 is 55.9. The Morgan fingerprint density at radius 2 is 1.34 bits per heavy atom. The average Bonchev–Trinajstić information content (AvgIpc) is 2.76. The molecule has 1 unspecified atom stereocenters. The smallest absolute Gasteiger partial charge is 0.386 e. The van der Waals surface area contributed by atoms with E-state index in [0.29, 0.717) is 0 Å². The van der Waals surface area contributed by atoms with Crippen molar-refractivity contribution >= 4 is 27.7 Å². The van der Waals surface area contributed by atoms with Crippen LogP contribution in [0.5, 0.6) is 0 Å². The highest BCUT2D eigenvalue weighted by molar-refractivity contribution is 7.86. The van der Waals surface area contributed by atoms with Crippen molar-refractivity contribution in [3.05, 3.63) is 71.8 Å². The van der Waals surface area contributed by atoms with Crippen LogP contribution < -0.4 is 0 Å². The van der Waals surface area contributed by atoms with Gasteiger partial charge in [0.15, 0.2) is 5.78 Å². The first-order valence-corrected chi connectivity index (χ1v) is 10.6. The lowest BCUT2D eigenvalue weighted by Crippen LogP contribution is -2.69. The number of hydrogen-bond donors (Lipinski definition) is 3. The van der Waals surface area contributed by atoms with Gasteiger partial charge in [0.2, 0.25) is 11.4 Å². The van der Waals surface area contributed by atoms with Crippen LogP contribution in [0.1, 0.15) is 20.7 Å². The van der Waals surface area contributed by atoms with Gasteiger partial charge in [0.05, 0.1) is 6.26 Å². The van der Waals surface area contributed by atoms with Crippen molar-refractivity contribution < 1.29 is 51.1 Å². The van der Waals surface area contributed by atoms with E-state index in [2.05, 4.69) is 4.18 Å². The summed E-state index contributed by atoms with van der Waals surface area (Å²) in [6.07, 6.45) is -5.83. The molecule has 0 aliphatic heterocycles. The molecule has 0 fully saturated rings. The van der Waals surface area contributed by atoms with Crippen LogP contribution in [0.15, 0.2) is 60.7 Å². The van der Waals surface area contributed by atoms with Crippen molar-refractivity contribution in [2.45, 2.75) is 23.7 Å². The summed E-state index contributed by atoms with van der Waals surface area (Å²) in [5.41, 5.74) is -5.39. The zero-order valence-electron chi connectivity index (χ0n) is 16.4. The van der Waals surface area contributed by atoms with Gasteiger partial charge in [-0.2, -0.15) is 17.2 Å². The third-order valence-corrected chi connectivity index (χ3v) is 4.85. The lowest BCUT2D eigenvalue weighted by Gasteiger charge is -2.37. The fourth-order valence-corrected chi connectivity index (χ4v) is 3.14. The fraction of sp³-hybridized carbons (Fsp3) is 0.250. The third-order valence-electron chi connectivity index (χ3n) is 4.40. The van der Waals surface area contributed by atoms with Crippen molar-refractivity contribution in [2.75, 3.05) is 6.26 Å². The fourth-order valence-electron chi connectivity index (χ4n) is 2.76. The van der Waals surface area contributed by atoms with Crippen LogP contribution in [0.3, 0.4) is 0 Å². The molecule has 0 radical (unpaired) electrons. The zero-order chi connectivity index (χ0) is 24.3. The minimum atomic E-state index is -5.42. The quantitative estimate of drug-likeness (QED) is 0.346. The van der Waals surface area contributed by atoms with Gasteiger partial charge >= 0.3 is 22.0 Å². The van der Waals surface area contributed by atoms with Crippen molar-refractivity contribution in [2.24, 2.45) is 0 Å². The highest BCUT2D eigenvalue weighted by Gasteiger charge is 2.70. The molecule has 12 heteroatoms. The Kier molecular flexibility index (Phi) is 7.25. The number of aliphatic hydroxyl groups is 3. The number of carbonyl (C=O) groups is 3. The van der Waals surface area contributed by atoms with E-state index in [1.54, 1.807) is 0 Å². The molecular weight excluding hydrogens is 454 g/mol. The van der Waals surface area contributed by atoms with E-state index in [9.17, 15) is 38.1 Å². The molecule has 2 aromatic carbocycles. The first-order valence-electron chi connectivity index (χ1n) is 8.82. The van der Waals surface area contributed by atoms with Crippen molar-refractivity contribution in [3.8, 4) is 0 Å². The normalized spacial score (nSPS) is 15.8. The molecule has 0 aromatic heterocycles. The van der Waals surface area contributed by atoms with Gasteiger partial charge < -0.3 is 19.5 Å². The molecule has 0 heterocycles. The zero-order valence-corrected chi connectivity index (χ0v) is 17.2. The van der Waals surface area contributed by atoms with E-state index in [-0.39, 0.29) is 11.8 Å². The number of rotatable bonds is 9. The number of benzene rings is 2. The van der Waals surface area contributed by atoms with Crippen molar-refractivity contribution in [1.82, 2.24) is 0 Å². The topological polar surface area (TPSA) is 155 Å². The molecule has 9 nitrogen and oxygen atoms in total. The van der Waals surface area contributed by atoms with Crippen LogP contribution in [0.4, 0.5) is 8.78 Å². The molecule has 0 saturated heterocycles. The summed E-state index contributed by atoms with van der Waals surface area (Å²) in [5.74, 6) is -11.6. The third kappa shape index (κ3) is 4.88. The number of aliphatic hydroxyl groups excluding tert-OH is 2. The van der Waals surface area contributed by atoms with Gasteiger partial charge in [-0.3, -0.25) is 9.59 Å². The number of carbonyl (C=O) groups excluding carboxylic acids is 3. The lowest BCUT2D eigenvalue weighted by molar-refractivity contribution is -0.221. The second-order valence-electron chi connectivity index (χ2n) is 6.73. The second kappa shape index (κ2) is 9.20. The second-order valence-corrected chi connectivity index (χ2v) is 8.31. The first-order chi connectivity index (χ1) is 14.7. The Morgan fingerprint density at radius 1 is 0.906 bits per heavy atom. The maximum Gasteiger partial charge on any atom is 0.396 e. The minimum Gasteiger partial charge on any atom is -0.386 e. The van der Waals surface area contributed by atoms with E-state index in [1.807, 2.05) is 0 Å². The van der Waals surface area contributed by atoms with Crippen LogP contribution in [0.25, 0.3) is 0 Å². The van der Waals surface area contributed by atoms with Gasteiger partial charge in [-0.15, -0.1) is 0 Å². The Labute approximate surface area is 181 Å². The van der Waals surface area contributed by atoms with Crippen LogP contribution in [0.2, 0.25) is 0 Å². The van der Waals surface area contributed by atoms with E-state index in [0.717, 1.165) is 24.3 Å². The van der Waals surface area contributed by atoms with E-state index < -0.39 is 56.9 Å². The Bertz CT molecular complexity index is 1100. The summed E-state index contributed by atoms with van der Waals surface area (Å²) in [4.78, 5) is 37.1. The van der Waals surface area contributed by atoms with Crippen LogP contribution in [0, 0.1) is 0 Å². The number of Topliss-reactive ketones (excluding diaryl/α,β-unsaturated/α-hetero) is 2. The maximum atomic E-state index is 15.0. The van der Waals surface area contributed by atoms with Gasteiger partial charge in [-0.05, 0) is 0 Å². The lowest BCUT2D eigenvalue weighted by atomic mass is 9.78. The minimum absolute atomic E-state index is 0.253. The molecule has 172 valence electrons. The number of ketones is 2. The predicted molar refractivity (Wildman–Crippen MR) is 104 cm³/mol. The molecule has 2 rings (SSSR count). The number of alkyl halides is 2. The summed E-state index contributed by atoms with van der Waals surface area (Å²) >= 11 is 0. The molecule has 3 atom stereocenters. The molecule has 0 saturated carbocycles. The Balaban J connectivity index is 2.60. The molecule has 0 bridgehead atoms. The van der Waals surface area contributed by atoms with Gasteiger partial charge in [0, 0.05) is 11.1 Å². The number of halogens is 2. The van der Waals surface area contributed by atoms with E-state index in [4.69, 9.17) is 0 Å². The van der Waals surface area contributed by atoms with E-state index >= 15 is 8.78 Å². The molecule has 0 spiro atoms. The predicted octanol–water partition coefficient (Wildman–Crippen LogP) is 0.343. The van der Waals surface area contributed by atoms with Crippen molar-refractivity contribution in [1.29, 1.82) is 0 Å². The monoisotopic (exact) mass is 472 g/mol. The van der Waals surface area contributed by atoms with Gasteiger partial charge in [0.1, 0.15) is 12.2 Å². The average molecular weight is 472 g/mol. The van der Waals surface area contributed by atoms with Crippen molar-refractivity contribution in [3.63, 3.8) is 0 Å².